The zero-order valence-electron chi connectivity index (χ0n) is 11.8. The van der Waals surface area contributed by atoms with Crippen LogP contribution in [0.25, 0.3) is 10.9 Å². The largest absolute Gasteiger partial charge is 0.330 e. The second-order valence-electron chi connectivity index (χ2n) is 4.82. The van der Waals surface area contributed by atoms with Gasteiger partial charge in [0.25, 0.3) is 5.91 Å². The SMILES string of the molecule is C=CCN(Cc1ccc(Cl)s1)C(=O)c1cccc2cn[nH]c12. The highest BCUT2D eigenvalue weighted by Crippen LogP contribution is 2.24. The molecule has 0 aliphatic carbocycles. The minimum Gasteiger partial charge on any atom is -0.330 e. The lowest BCUT2D eigenvalue weighted by Crippen LogP contribution is -2.30. The number of nitrogens with zero attached hydrogens (tertiary/aromatic N) is 2. The number of aromatic amines is 1. The highest BCUT2D eigenvalue weighted by Gasteiger charge is 2.18. The normalized spacial score (nSPS) is 10.8. The third kappa shape index (κ3) is 2.91. The fourth-order valence-corrected chi connectivity index (χ4v) is 3.42. The molecule has 0 atom stereocenters. The van der Waals surface area contributed by atoms with Crippen LogP contribution in [-0.4, -0.2) is 27.5 Å². The van der Waals surface area contributed by atoms with E-state index in [9.17, 15) is 4.79 Å². The summed E-state index contributed by atoms with van der Waals surface area (Å²) in [6, 6.07) is 9.37. The fourth-order valence-electron chi connectivity index (χ4n) is 2.32. The standard InChI is InChI=1S/C16H14ClN3OS/c1-2-8-20(10-12-6-7-14(17)22-12)16(21)13-5-3-4-11-9-18-19-15(11)13/h2-7,9H,1,8,10H2,(H,18,19). The molecule has 0 saturated carbocycles. The first kappa shape index (κ1) is 14.8. The number of para-hydroxylation sites is 1. The van der Waals surface area contributed by atoms with Gasteiger partial charge in [0, 0.05) is 16.8 Å². The van der Waals surface area contributed by atoms with E-state index < -0.39 is 0 Å². The van der Waals surface area contributed by atoms with Gasteiger partial charge in [-0.1, -0.05) is 29.8 Å². The van der Waals surface area contributed by atoms with Crippen molar-refractivity contribution in [3.05, 3.63) is 64.0 Å². The number of halogens is 1. The third-order valence-corrected chi connectivity index (χ3v) is 4.54. The van der Waals surface area contributed by atoms with Gasteiger partial charge in [0.05, 0.1) is 28.2 Å². The van der Waals surface area contributed by atoms with Gasteiger partial charge in [-0.2, -0.15) is 5.10 Å². The van der Waals surface area contributed by atoms with Crippen molar-refractivity contribution in [1.29, 1.82) is 0 Å². The molecular weight excluding hydrogens is 318 g/mol. The maximum Gasteiger partial charge on any atom is 0.256 e. The molecule has 2 heterocycles. The summed E-state index contributed by atoms with van der Waals surface area (Å²) in [4.78, 5) is 15.6. The zero-order valence-corrected chi connectivity index (χ0v) is 13.3. The Morgan fingerprint density at radius 1 is 1.41 bits per heavy atom. The Hall–Kier alpha value is -2.11. The fraction of sp³-hybridized carbons (Fsp3) is 0.125. The number of fused-ring (bicyclic) bond motifs is 1. The van der Waals surface area contributed by atoms with Crippen molar-refractivity contribution < 1.29 is 4.79 Å². The van der Waals surface area contributed by atoms with E-state index in [1.807, 2.05) is 24.3 Å². The van der Waals surface area contributed by atoms with Crippen LogP contribution in [0, 0.1) is 0 Å². The van der Waals surface area contributed by atoms with Crippen LogP contribution in [0.15, 0.2) is 49.2 Å². The molecule has 6 heteroatoms. The second kappa shape index (κ2) is 6.34. The lowest BCUT2D eigenvalue weighted by molar-refractivity contribution is 0.0766. The summed E-state index contributed by atoms with van der Waals surface area (Å²) < 4.78 is 0.719. The highest BCUT2D eigenvalue weighted by atomic mass is 35.5. The van der Waals surface area contributed by atoms with Crippen LogP contribution in [0.4, 0.5) is 0 Å². The van der Waals surface area contributed by atoms with E-state index in [2.05, 4.69) is 16.8 Å². The van der Waals surface area contributed by atoms with Gasteiger partial charge in [0.15, 0.2) is 0 Å². The van der Waals surface area contributed by atoms with Crippen LogP contribution < -0.4 is 0 Å². The van der Waals surface area contributed by atoms with E-state index >= 15 is 0 Å². The van der Waals surface area contributed by atoms with Crippen LogP contribution in [0.1, 0.15) is 15.2 Å². The lowest BCUT2D eigenvalue weighted by atomic mass is 10.1. The Morgan fingerprint density at radius 2 is 2.27 bits per heavy atom. The van der Waals surface area contributed by atoms with Crippen molar-refractivity contribution in [1.82, 2.24) is 15.1 Å². The molecule has 0 radical (unpaired) electrons. The summed E-state index contributed by atoms with van der Waals surface area (Å²) in [5, 5.41) is 7.82. The molecule has 1 aromatic carbocycles. The predicted molar refractivity (Wildman–Crippen MR) is 90.4 cm³/mol. The molecule has 3 rings (SSSR count). The van der Waals surface area contributed by atoms with E-state index in [1.165, 1.54) is 11.3 Å². The number of aromatic nitrogens is 2. The van der Waals surface area contributed by atoms with Crippen molar-refractivity contribution in [2.24, 2.45) is 0 Å². The quantitative estimate of drug-likeness (QED) is 0.715. The molecule has 4 nitrogen and oxygen atoms in total. The number of rotatable bonds is 5. The monoisotopic (exact) mass is 331 g/mol. The van der Waals surface area contributed by atoms with Crippen LogP contribution >= 0.6 is 22.9 Å². The average molecular weight is 332 g/mol. The summed E-state index contributed by atoms with van der Waals surface area (Å²) in [5.74, 6) is -0.0562. The van der Waals surface area contributed by atoms with Gasteiger partial charge in [0.1, 0.15) is 0 Å². The number of hydrogen-bond donors (Lipinski definition) is 1. The van der Waals surface area contributed by atoms with Gasteiger partial charge in [-0.05, 0) is 18.2 Å². The minimum atomic E-state index is -0.0562. The molecule has 0 fully saturated rings. The molecule has 0 unspecified atom stereocenters. The molecular formula is C16H14ClN3OS. The van der Waals surface area contributed by atoms with Crippen molar-refractivity contribution in [2.45, 2.75) is 6.54 Å². The number of benzene rings is 1. The summed E-state index contributed by atoms with van der Waals surface area (Å²) in [6.45, 7) is 4.72. The van der Waals surface area contributed by atoms with E-state index in [4.69, 9.17) is 11.6 Å². The summed E-state index contributed by atoms with van der Waals surface area (Å²) in [6.07, 6.45) is 3.43. The first-order valence-electron chi connectivity index (χ1n) is 6.75. The van der Waals surface area contributed by atoms with Crippen LogP contribution in [0.5, 0.6) is 0 Å². The number of carbonyl (C=O) groups excluding carboxylic acids is 1. The van der Waals surface area contributed by atoms with E-state index in [1.54, 1.807) is 23.2 Å². The van der Waals surface area contributed by atoms with Crippen LogP contribution in [0.2, 0.25) is 4.34 Å². The van der Waals surface area contributed by atoms with E-state index in [0.717, 1.165) is 20.1 Å². The van der Waals surface area contributed by atoms with E-state index in [0.29, 0.717) is 18.7 Å². The average Bonchev–Trinajstić information content (AvgIpc) is 3.14. The van der Waals surface area contributed by atoms with Gasteiger partial charge in [-0.25, -0.2) is 0 Å². The molecule has 3 aromatic rings. The summed E-state index contributed by atoms with van der Waals surface area (Å²) >= 11 is 7.44. The van der Waals surface area contributed by atoms with Gasteiger partial charge in [0.2, 0.25) is 0 Å². The van der Waals surface area contributed by atoms with Gasteiger partial charge >= 0.3 is 0 Å². The molecule has 112 valence electrons. The number of amides is 1. The van der Waals surface area contributed by atoms with Crippen molar-refractivity contribution in [2.75, 3.05) is 6.54 Å². The van der Waals surface area contributed by atoms with Crippen molar-refractivity contribution in [3.63, 3.8) is 0 Å². The van der Waals surface area contributed by atoms with Gasteiger partial charge in [-0.15, -0.1) is 17.9 Å². The van der Waals surface area contributed by atoms with Gasteiger partial charge in [-0.3, -0.25) is 9.89 Å². The van der Waals surface area contributed by atoms with E-state index in [-0.39, 0.29) is 5.91 Å². The molecule has 0 saturated heterocycles. The first-order chi connectivity index (χ1) is 10.7. The number of nitrogens with one attached hydrogen (secondary N) is 1. The second-order valence-corrected chi connectivity index (χ2v) is 6.62. The number of carbonyl (C=O) groups is 1. The van der Waals surface area contributed by atoms with Crippen LogP contribution in [-0.2, 0) is 6.54 Å². The Morgan fingerprint density at radius 3 is 3.00 bits per heavy atom. The Labute approximate surface area is 137 Å². The Bertz CT molecular complexity index is 824. The zero-order chi connectivity index (χ0) is 15.5. The topological polar surface area (TPSA) is 49.0 Å². The van der Waals surface area contributed by atoms with Crippen molar-refractivity contribution in [3.8, 4) is 0 Å². The smallest absolute Gasteiger partial charge is 0.256 e. The molecule has 0 aliphatic heterocycles. The number of thiophene rings is 1. The maximum absolute atomic E-state index is 12.9. The Kier molecular flexibility index (Phi) is 4.27. The third-order valence-electron chi connectivity index (χ3n) is 3.32. The van der Waals surface area contributed by atoms with Crippen LogP contribution in [0.3, 0.4) is 0 Å². The highest BCUT2D eigenvalue weighted by molar-refractivity contribution is 7.16. The lowest BCUT2D eigenvalue weighted by Gasteiger charge is -2.20. The molecule has 1 amide bonds. The minimum absolute atomic E-state index is 0.0562. The molecule has 0 spiro atoms. The Balaban J connectivity index is 1.92. The molecule has 22 heavy (non-hydrogen) atoms. The summed E-state index contributed by atoms with van der Waals surface area (Å²) in [5.41, 5.74) is 1.37. The molecule has 1 N–H and O–H groups in total. The summed E-state index contributed by atoms with van der Waals surface area (Å²) in [7, 11) is 0. The molecule has 0 aliphatic rings. The number of H-pyrrole nitrogens is 1. The number of hydrogen-bond acceptors (Lipinski definition) is 3. The molecule has 0 bridgehead atoms. The molecule has 2 aromatic heterocycles. The predicted octanol–water partition coefficient (Wildman–Crippen LogP) is 4.11. The van der Waals surface area contributed by atoms with Gasteiger partial charge < -0.3 is 4.90 Å². The first-order valence-corrected chi connectivity index (χ1v) is 7.95. The maximum atomic E-state index is 12.9. The van der Waals surface area contributed by atoms with Crippen molar-refractivity contribution >= 4 is 39.7 Å².